The first-order valence-electron chi connectivity index (χ1n) is 12.9. The molecule has 0 radical (unpaired) electrons. The highest BCUT2D eigenvalue weighted by Gasteiger charge is 2.36. The zero-order chi connectivity index (χ0) is 29.8. The molecular weight excluding hydrogens is 535 g/mol. The Balaban J connectivity index is 1.52. The Morgan fingerprint density at radius 3 is 2.17 bits per heavy atom. The molecule has 0 aliphatic carbocycles. The zero-order valence-corrected chi connectivity index (χ0v) is 23.2. The summed E-state index contributed by atoms with van der Waals surface area (Å²) in [5.41, 5.74) is 0.145. The van der Waals surface area contributed by atoms with Gasteiger partial charge in [0.1, 0.15) is 29.3 Å². The van der Waals surface area contributed by atoms with Crippen molar-refractivity contribution in [2.45, 2.75) is 51.6 Å². The number of nitrogens with zero attached hydrogens (tertiary/aromatic N) is 1. The molecule has 0 bridgehead atoms. The van der Waals surface area contributed by atoms with Gasteiger partial charge in [0, 0.05) is 5.56 Å². The molecule has 0 fully saturated rings. The molecule has 1 heterocycles. The summed E-state index contributed by atoms with van der Waals surface area (Å²) in [5, 5.41) is 12.5. The number of ether oxygens (including phenoxy) is 2. The van der Waals surface area contributed by atoms with Gasteiger partial charge in [-0.05, 0) is 62.6 Å². The minimum Gasteiger partial charge on any atom is -0.488 e. The summed E-state index contributed by atoms with van der Waals surface area (Å²) < 4.78 is 53.0. The second-order valence-electron chi connectivity index (χ2n) is 10.8. The summed E-state index contributed by atoms with van der Waals surface area (Å²) in [5.74, 6) is -0.159. The lowest BCUT2D eigenvalue weighted by Crippen LogP contribution is -2.48. The number of aliphatic hydroxyl groups is 1. The van der Waals surface area contributed by atoms with Crippen LogP contribution >= 0.6 is 0 Å². The van der Waals surface area contributed by atoms with Crippen molar-refractivity contribution in [1.82, 2.24) is 15.3 Å². The summed E-state index contributed by atoms with van der Waals surface area (Å²) >= 11 is 0. The maximum atomic E-state index is 14.0. The van der Waals surface area contributed by atoms with Crippen LogP contribution in [0.5, 0.6) is 5.75 Å². The Hall–Kier alpha value is -4.31. The third-order valence-electron chi connectivity index (χ3n) is 6.24. The van der Waals surface area contributed by atoms with Gasteiger partial charge in [-0.15, -0.1) is 0 Å². The first kappa shape index (κ1) is 29.7. The number of carbonyl (C=O) groups excluding carboxylic acids is 1. The van der Waals surface area contributed by atoms with Crippen molar-refractivity contribution < 1.29 is 32.5 Å². The lowest BCUT2D eigenvalue weighted by molar-refractivity contribution is -0.139. The summed E-state index contributed by atoms with van der Waals surface area (Å²) in [4.78, 5) is 19.4. The highest BCUT2D eigenvalue weighted by atomic mass is 19.4. The molecule has 0 saturated heterocycles. The SMILES string of the molecule is CC(C)(C)OC(=O)NC(C)(CO)c1ncc(-c2ccc(OCc3ccc(-c4ccccc4)cc3)c(C(F)(F)F)c2)[nH]1. The van der Waals surface area contributed by atoms with Crippen molar-refractivity contribution in [3.8, 4) is 28.1 Å². The zero-order valence-electron chi connectivity index (χ0n) is 23.2. The van der Waals surface area contributed by atoms with Crippen molar-refractivity contribution >= 4 is 6.09 Å². The number of aromatic nitrogens is 2. The molecule has 1 unspecified atom stereocenters. The molecule has 1 aromatic heterocycles. The van der Waals surface area contributed by atoms with Gasteiger partial charge < -0.3 is 24.9 Å². The van der Waals surface area contributed by atoms with Gasteiger partial charge in [-0.1, -0.05) is 54.6 Å². The van der Waals surface area contributed by atoms with E-state index in [-0.39, 0.29) is 29.4 Å². The predicted molar refractivity (Wildman–Crippen MR) is 149 cm³/mol. The molecule has 216 valence electrons. The minimum atomic E-state index is -4.68. The van der Waals surface area contributed by atoms with Gasteiger partial charge in [0.15, 0.2) is 0 Å². The number of hydrogen-bond donors (Lipinski definition) is 3. The van der Waals surface area contributed by atoms with Crippen LogP contribution in [0.3, 0.4) is 0 Å². The van der Waals surface area contributed by atoms with E-state index in [1.807, 2.05) is 54.6 Å². The van der Waals surface area contributed by atoms with E-state index >= 15 is 0 Å². The first-order valence-corrected chi connectivity index (χ1v) is 12.9. The van der Waals surface area contributed by atoms with Crippen LogP contribution in [0.15, 0.2) is 79.0 Å². The van der Waals surface area contributed by atoms with E-state index in [0.29, 0.717) is 0 Å². The second kappa shape index (κ2) is 11.7. The smallest absolute Gasteiger partial charge is 0.419 e. The lowest BCUT2D eigenvalue weighted by atomic mass is 10.0. The van der Waals surface area contributed by atoms with Crippen LogP contribution in [0.1, 0.15) is 44.6 Å². The Morgan fingerprint density at radius 1 is 0.927 bits per heavy atom. The molecule has 3 N–H and O–H groups in total. The average molecular weight is 568 g/mol. The maximum Gasteiger partial charge on any atom is 0.419 e. The molecule has 4 aromatic rings. The number of aromatic amines is 1. The molecule has 1 atom stereocenters. The third-order valence-corrected chi connectivity index (χ3v) is 6.24. The van der Waals surface area contributed by atoms with E-state index < -0.39 is 35.6 Å². The minimum absolute atomic E-state index is 0.0448. The number of alkyl carbamates (subject to hydrolysis) is 1. The van der Waals surface area contributed by atoms with E-state index in [0.717, 1.165) is 22.8 Å². The highest BCUT2D eigenvalue weighted by molar-refractivity contribution is 5.69. The summed E-state index contributed by atoms with van der Waals surface area (Å²) in [6.07, 6.45) is -4.12. The number of carbonyl (C=O) groups is 1. The lowest BCUT2D eigenvalue weighted by Gasteiger charge is -2.28. The molecule has 0 aliphatic rings. The van der Waals surface area contributed by atoms with E-state index in [2.05, 4.69) is 15.3 Å². The number of nitrogens with one attached hydrogen (secondary N) is 2. The highest BCUT2D eigenvalue weighted by Crippen LogP contribution is 2.39. The molecule has 4 rings (SSSR count). The van der Waals surface area contributed by atoms with Gasteiger partial charge in [0.05, 0.1) is 24.1 Å². The summed E-state index contributed by atoms with van der Waals surface area (Å²) in [6, 6.07) is 20.9. The van der Waals surface area contributed by atoms with Gasteiger partial charge in [-0.25, -0.2) is 9.78 Å². The van der Waals surface area contributed by atoms with Gasteiger partial charge in [-0.2, -0.15) is 13.2 Å². The maximum absolute atomic E-state index is 14.0. The predicted octanol–water partition coefficient (Wildman–Crippen LogP) is 7.07. The average Bonchev–Trinajstić information content (AvgIpc) is 3.42. The largest absolute Gasteiger partial charge is 0.488 e. The number of halogens is 3. The number of benzene rings is 3. The van der Waals surface area contributed by atoms with Crippen molar-refractivity contribution in [1.29, 1.82) is 0 Å². The molecule has 3 aromatic carbocycles. The number of amides is 1. The molecule has 1 amide bonds. The summed E-state index contributed by atoms with van der Waals surface area (Å²) in [6.45, 7) is 6.02. The van der Waals surface area contributed by atoms with Crippen LogP contribution in [0.25, 0.3) is 22.4 Å². The van der Waals surface area contributed by atoms with Crippen LogP contribution < -0.4 is 10.1 Å². The summed E-state index contributed by atoms with van der Waals surface area (Å²) in [7, 11) is 0. The fourth-order valence-electron chi connectivity index (χ4n) is 4.08. The fourth-order valence-corrected chi connectivity index (χ4v) is 4.08. The van der Waals surface area contributed by atoms with Crippen LogP contribution in [0.2, 0.25) is 0 Å². The number of aliphatic hydroxyl groups excluding tert-OH is 1. The Bertz CT molecular complexity index is 1480. The van der Waals surface area contributed by atoms with E-state index in [1.165, 1.54) is 25.3 Å². The standard InChI is InChI=1S/C31H32F3N3O4/c1-29(2,3)41-28(39)37-30(4,19-38)27-35-17-25(36-27)23-14-15-26(24(16-23)31(32,33)34)40-18-20-10-12-22(13-11-20)21-8-6-5-7-9-21/h5-17,38H,18-19H2,1-4H3,(H,35,36)(H,37,39). The normalized spacial score (nSPS) is 13.4. The Kier molecular flexibility index (Phi) is 8.44. The van der Waals surface area contributed by atoms with Crippen LogP contribution in [0, 0.1) is 0 Å². The second-order valence-corrected chi connectivity index (χ2v) is 10.8. The molecule has 0 aliphatic heterocycles. The Labute approximate surface area is 236 Å². The molecular formula is C31H32F3N3O4. The van der Waals surface area contributed by atoms with Crippen LogP contribution in [-0.4, -0.2) is 33.4 Å². The number of hydrogen-bond acceptors (Lipinski definition) is 5. The van der Waals surface area contributed by atoms with Crippen molar-refractivity contribution in [3.05, 3.63) is 95.9 Å². The van der Waals surface area contributed by atoms with E-state index in [1.54, 1.807) is 20.8 Å². The van der Waals surface area contributed by atoms with Gasteiger partial charge in [-0.3, -0.25) is 0 Å². The van der Waals surface area contributed by atoms with Crippen molar-refractivity contribution in [2.24, 2.45) is 0 Å². The number of H-pyrrole nitrogens is 1. The van der Waals surface area contributed by atoms with E-state index in [4.69, 9.17) is 9.47 Å². The Morgan fingerprint density at radius 2 is 1.56 bits per heavy atom. The molecule has 10 heteroatoms. The molecule has 0 saturated carbocycles. The van der Waals surface area contributed by atoms with Crippen molar-refractivity contribution in [2.75, 3.05) is 6.61 Å². The number of alkyl halides is 3. The van der Waals surface area contributed by atoms with Gasteiger partial charge in [0.25, 0.3) is 0 Å². The first-order chi connectivity index (χ1) is 19.3. The number of imidazole rings is 1. The van der Waals surface area contributed by atoms with E-state index in [9.17, 15) is 23.1 Å². The topological polar surface area (TPSA) is 96.5 Å². The van der Waals surface area contributed by atoms with Gasteiger partial charge in [0.2, 0.25) is 0 Å². The molecule has 0 spiro atoms. The van der Waals surface area contributed by atoms with Crippen LogP contribution in [-0.2, 0) is 23.1 Å². The molecule has 41 heavy (non-hydrogen) atoms. The fraction of sp³-hybridized carbons (Fsp3) is 0.290. The van der Waals surface area contributed by atoms with Gasteiger partial charge >= 0.3 is 12.3 Å². The third kappa shape index (κ3) is 7.46. The van der Waals surface area contributed by atoms with Crippen molar-refractivity contribution in [3.63, 3.8) is 0 Å². The monoisotopic (exact) mass is 567 g/mol. The molecule has 7 nitrogen and oxygen atoms in total. The van der Waals surface area contributed by atoms with Crippen LogP contribution in [0.4, 0.5) is 18.0 Å². The quantitative estimate of drug-likeness (QED) is 0.212. The number of rotatable bonds is 8.